The zero-order valence-corrected chi connectivity index (χ0v) is 11.1. The monoisotopic (exact) mass is 245 g/mol. The average Bonchev–Trinajstić information content (AvgIpc) is 2.67. The number of hydrogen-bond donors (Lipinski definition) is 1. The second-order valence-corrected chi connectivity index (χ2v) is 4.19. The van der Waals surface area contributed by atoms with Crippen molar-refractivity contribution in [2.45, 2.75) is 20.4 Å². The Balaban J connectivity index is 2.45. The van der Waals surface area contributed by atoms with Crippen LogP contribution in [-0.2, 0) is 13.6 Å². The summed E-state index contributed by atoms with van der Waals surface area (Å²) in [7, 11) is 2.00. The SMILES string of the molecule is CCOc1cccc(-c2nc(CN)c(C)n2C)c1. The summed E-state index contributed by atoms with van der Waals surface area (Å²) in [6.07, 6.45) is 0. The van der Waals surface area contributed by atoms with Crippen molar-refractivity contribution in [1.29, 1.82) is 0 Å². The number of nitrogens with two attached hydrogens (primary N) is 1. The van der Waals surface area contributed by atoms with Gasteiger partial charge in [0.1, 0.15) is 11.6 Å². The van der Waals surface area contributed by atoms with Crippen LogP contribution in [0.15, 0.2) is 24.3 Å². The van der Waals surface area contributed by atoms with Gasteiger partial charge in [0.2, 0.25) is 0 Å². The fraction of sp³-hybridized carbons (Fsp3) is 0.357. The quantitative estimate of drug-likeness (QED) is 0.898. The summed E-state index contributed by atoms with van der Waals surface area (Å²) >= 11 is 0. The third-order valence-electron chi connectivity index (χ3n) is 3.08. The van der Waals surface area contributed by atoms with Crippen molar-refractivity contribution in [3.63, 3.8) is 0 Å². The van der Waals surface area contributed by atoms with Gasteiger partial charge in [-0.3, -0.25) is 0 Å². The Bertz CT molecular complexity index is 546. The van der Waals surface area contributed by atoms with Crippen LogP contribution >= 0.6 is 0 Å². The van der Waals surface area contributed by atoms with Crippen LogP contribution in [0.5, 0.6) is 5.75 Å². The van der Waals surface area contributed by atoms with E-state index in [0.717, 1.165) is 28.5 Å². The average molecular weight is 245 g/mol. The Kier molecular flexibility index (Phi) is 3.67. The summed E-state index contributed by atoms with van der Waals surface area (Å²) in [5.74, 6) is 1.79. The lowest BCUT2D eigenvalue weighted by Crippen LogP contribution is -1.99. The first-order valence-corrected chi connectivity index (χ1v) is 6.12. The van der Waals surface area contributed by atoms with Gasteiger partial charge in [-0.05, 0) is 26.0 Å². The number of ether oxygens (including phenoxy) is 1. The molecule has 2 aromatic rings. The highest BCUT2D eigenvalue weighted by Gasteiger charge is 2.11. The molecule has 1 heterocycles. The molecule has 0 aliphatic carbocycles. The van der Waals surface area contributed by atoms with Crippen molar-refractivity contribution >= 4 is 0 Å². The third-order valence-corrected chi connectivity index (χ3v) is 3.08. The molecule has 0 aliphatic rings. The highest BCUT2D eigenvalue weighted by atomic mass is 16.5. The molecule has 0 amide bonds. The predicted octanol–water partition coefficient (Wildman–Crippen LogP) is 2.25. The summed E-state index contributed by atoms with van der Waals surface area (Å²) in [6, 6.07) is 7.97. The highest BCUT2D eigenvalue weighted by molar-refractivity contribution is 5.59. The number of hydrogen-bond acceptors (Lipinski definition) is 3. The number of rotatable bonds is 4. The molecule has 2 rings (SSSR count). The van der Waals surface area contributed by atoms with Crippen molar-refractivity contribution in [2.24, 2.45) is 12.8 Å². The van der Waals surface area contributed by atoms with Crippen molar-refractivity contribution in [3.8, 4) is 17.1 Å². The fourth-order valence-electron chi connectivity index (χ4n) is 1.98. The van der Waals surface area contributed by atoms with Gasteiger partial charge in [-0.2, -0.15) is 0 Å². The van der Waals surface area contributed by atoms with Crippen LogP contribution in [0.1, 0.15) is 18.3 Å². The second kappa shape index (κ2) is 5.23. The van der Waals surface area contributed by atoms with Gasteiger partial charge in [-0.25, -0.2) is 4.98 Å². The van der Waals surface area contributed by atoms with Crippen molar-refractivity contribution in [2.75, 3.05) is 6.61 Å². The van der Waals surface area contributed by atoms with Crippen LogP contribution in [0.4, 0.5) is 0 Å². The first-order chi connectivity index (χ1) is 8.67. The molecular formula is C14H19N3O. The van der Waals surface area contributed by atoms with Gasteiger partial charge in [-0.1, -0.05) is 12.1 Å². The van der Waals surface area contributed by atoms with E-state index in [1.807, 2.05) is 45.2 Å². The van der Waals surface area contributed by atoms with E-state index in [-0.39, 0.29) is 0 Å². The van der Waals surface area contributed by atoms with Crippen molar-refractivity contribution in [1.82, 2.24) is 9.55 Å². The lowest BCUT2D eigenvalue weighted by Gasteiger charge is -2.06. The molecule has 0 spiro atoms. The second-order valence-electron chi connectivity index (χ2n) is 4.19. The Hall–Kier alpha value is -1.81. The summed E-state index contributed by atoms with van der Waals surface area (Å²) in [5.41, 5.74) is 8.78. The minimum Gasteiger partial charge on any atom is -0.494 e. The van der Waals surface area contributed by atoms with Gasteiger partial charge in [0, 0.05) is 24.8 Å². The number of nitrogens with zero attached hydrogens (tertiary/aromatic N) is 2. The zero-order chi connectivity index (χ0) is 13.1. The van der Waals surface area contributed by atoms with Crippen molar-refractivity contribution in [3.05, 3.63) is 35.7 Å². The van der Waals surface area contributed by atoms with E-state index < -0.39 is 0 Å². The smallest absolute Gasteiger partial charge is 0.140 e. The molecule has 1 aromatic heterocycles. The van der Waals surface area contributed by atoms with Crippen LogP contribution < -0.4 is 10.5 Å². The molecule has 18 heavy (non-hydrogen) atoms. The first-order valence-electron chi connectivity index (χ1n) is 6.12. The largest absolute Gasteiger partial charge is 0.494 e. The summed E-state index contributed by atoms with van der Waals surface area (Å²) in [4.78, 5) is 4.58. The van der Waals surface area contributed by atoms with Crippen LogP contribution in [0.25, 0.3) is 11.4 Å². The van der Waals surface area contributed by atoms with Gasteiger partial charge in [0.25, 0.3) is 0 Å². The Labute approximate surface area is 107 Å². The molecule has 0 saturated carbocycles. The maximum atomic E-state index is 5.69. The summed E-state index contributed by atoms with van der Waals surface area (Å²) in [6.45, 7) is 5.14. The molecule has 4 nitrogen and oxygen atoms in total. The molecule has 1 aromatic carbocycles. The maximum Gasteiger partial charge on any atom is 0.140 e. The first kappa shape index (κ1) is 12.6. The van der Waals surface area contributed by atoms with E-state index in [1.54, 1.807) is 0 Å². The molecular weight excluding hydrogens is 226 g/mol. The standard InChI is InChI=1S/C14H19N3O/c1-4-18-12-7-5-6-11(8-12)14-16-13(9-15)10(2)17(14)3/h5-8H,4,9,15H2,1-3H3. The lowest BCUT2D eigenvalue weighted by molar-refractivity contribution is 0.340. The van der Waals surface area contributed by atoms with Gasteiger partial charge in [-0.15, -0.1) is 0 Å². The Morgan fingerprint density at radius 1 is 1.39 bits per heavy atom. The van der Waals surface area contributed by atoms with Crippen LogP contribution in [0, 0.1) is 6.92 Å². The maximum absolute atomic E-state index is 5.69. The fourth-order valence-corrected chi connectivity index (χ4v) is 1.98. The van der Waals surface area contributed by atoms with E-state index in [0.29, 0.717) is 13.2 Å². The van der Waals surface area contributed by atoms with Crippen LogP contribution in [0.3, 0.4) is 0 Å². The molecule has 0 unspecified atom stereocenters. The van der Waals surface area contributed by atoms with Gasteiger partial charge >= 0.3 is 0 Å². The number of benzene rings is 1. The van der Waals surface area contributed by atoms with E-state index >= 15 is 0 Å². The molecule has 0 bridgehead atoms. The lowest BCUT2D eigenvalue weighted by atomic mass is 10.2. The molecule has 0 aliphatic heterocycles. The normalized spacial score (nSPS) is 10.7. The van der Waals surface area contributed by atoms with E-state index in [2.05, 4.69) is 9.55 Å². The molecule has 2 N–H and O–H groups in total. The van der Waals surface area contributed by atoms with Crippen LogP contribution in [-0.4, -0.2) is 16.2 Å². The minimum atomic E-state index is 0.463. The molecule has 4 heteroatoms. The molecule has 96 valence electrons. The van der Waals surface area contributed by atoms with Crippen LogP contribution in [0.2, 0.25) is 0 Å². The number of imidazole rings is 1. The topological polar surface area (TPSA) is 53.1 Å². The van der Waals surface area contributed by atoms with E-state index in [1.165, 1.54) is 0 Å². The Morgan fingerprint density at radius 2 is 2.17 bits per heavy atom. The Morgan fingerprint density at radius 3 is 2.78 bits per heavy atom. The third kappa shape index (κ3) is 2.24. The summed E-state index contributed by atoms with van der Waals surface area (Å²) in [5, 5.41) is 0. The predicted molar refractivity (Wildman–Crippen MR) is 72.4 cm³/mol. The zero-order valence-electron chi connectivity index (χ0n) is 11.1. The molecule has 0 fully saturated rings. The molecule has 0 atom stereocenters. The molecule has 0 radical (unpaired) electrons. The molecule has 0 saturated heterocycles. The van der Waals surface area contributed by atoms with Gasteiger partial charge in [0.15, 0.2) is 0 Å². The minimum absolute atomic E-state index is 0.463. The number of aromatic nitrogens is 2. The summed E-state index contributed by atoms with van der Waals surface area (Å²) < 4.78 is 7.57. The van der Waals surface area contributed by atoms with E-state index in [4.69, 9.17) is 10.5 Å². The van der Waals surface area contributed by atoms with Crippen molar-refractivity contribution < 1.29 is 4.74 Å². The van der Waals surface area contributed by atoms with E-state index in [9.17, 15) is 0 Å². The van der Waals surface area contributed by atoms with Gasteiger partial charge in [0.05, 0.1) is 12.3 Å². The highest BCUT2D eigenvalue weighted by Crippen LogP contribution is 2.24. The van der Waals surface area contributed by atoms with Gasteiger partial charge < -0.3 is 15.0 Å².